The number of aromatic nitrogens is 5. The lowest BCUT2D eigenvalue weighted by atomic mass is 10.1. The van der Waals surface area contributed by atoms with Crippen molar-refractivity contribution in [2.45, 2.75) is 13.0 Å². The Labute approximate surface area is 227 Å². The van der Waals surface area contributed by atoms with Crippen LogP contribution in [0.2, 0.25) is 0 Å². The highest BCUT2D eigenvalue weighted by molar-refractivity contribution is 5.86. The summed E-state index contributed by atoms with van der Waals surface area (Å²) in [6, 6.07) is 7.39. The van der Waals surface area contributed by atoms with Crippen LogP contribution in [0.5, 0.6) is 5.88 Å². The van der Waals surface area contributed by atoms with Crippen molar-refractivity contribution in [3.8, 4) is 17.8 Å². The van der Waals surface area contributed by atoms with Gasteiger partial charge in [-0.2, -0.15) is 10.2 Å². The van der Waals surface area contributed by atoms with Crippen molar-refractivity contribution in [1.82, 2.24) is 23.5 Å². The standard InChI is InChI=1S/C27H19F4N7O3/c1-41-25-23-19(9-21(34-25)35-4-2-14(10-32)12-35)37(13-15-6-17(29)24(31)18(30)7-15)27(40)38(26(23)39)22-11-33-20-8-16(28)3-5-36(20)22/h3,5-9,11,14H,2,4,12-13H2,1H3/t14-/m0/s1. The maximum Gasteiger partial charge on any atom is 0.337 e. The third-order valence-corrected chi connectivity index (χ3v) is 7.04. The van der Waals surface area contributed by atoms with Crippen LogP contribution >= 0.6 is 0 Å². The molecule has 1 saturated heterocycles. The summed E-state index contributed by atoms with van der Waals surface area (Å²) >= 11 is 0. The van der Waals surface area contributed by atoms with E-state index < -0.39 is 41.1 Å². The quantitative estimate of drug-likeness (QED) is 0.238. The number of anilines is 1. The Kier molecular flexibility index (Phi) is 6.21. The minimum absolute atomic E-state index is 0.0310. The molecule has 5 aromatic rings. The maximum atomic E-state index is 14.1. The molecule has 1 fully saturated rings. The number of ether oxygens (including phenoxy) is 1. The molecule has 41 heavy (non-hydrogen) atoms. The molecule has 0 spiro atoms. The summed E-state index contributed by atoms with van der Waals surface area (Å²) in [4.78, 5) is 38.3. The molecule has 5 heterocycles. The van der Waals surface area contributed by atoms with Gasteiger partial charge in [0.2, 0.25) is 5.88 Å². The van der Waals surface area contributed by atoms with E-state index in [0.717, 1.165) is 33.4 Å². The third kappa shape index (κ3) is 4.26. The van der Waals surface area contributed by atoms with E-state index in [1.807, 2.05) is 0 Å². The smallest absolute Gasteiger partial charge is 0.337 e. The van der Waals surface area contributed by atoms with E-state index in [-0.39, 0.29) is 39.7 Å². The van der Waals surface area contributed by atoms with Crippen LogP contribution in [0.4, 0.5) is 23.4 Å². The molecule has 0 radical (unpaired) electrons. The monoisotopic (exact) mass is 565 g/mol. The Balaban J connectivity index is 1.66. The second-order valence-corrected chi connectivity index (χ2v) is 9.52. The molecule has 0 unspecified atom stereocenters. The fourth-order valence-electron chi connectivity index (χ4n) is 5.06. The lowest BCUT2D eigenvalue weighted by Crippen LogP contribution is -2.40. The number of hydrogen-bond acceptors (Lipinski definition) is 7. The van der Waals surface area contributed by atoms with Gasteiger partial charge in [0.25, 0.3) is 5.56 Å². The summed E-state index contributed by atoms with van der Waals surface area (Å²) in [5.74, 6) is -5.26. The van der Waals surface area contributed by atoms with Gasteiger partial charge in [-0.15, -0.1) is 0 Å². The van der Waals surface area contributed by atoms with E-state index in [9.17, 15) is 32.4 Å². The summed E-state index contributed by atoms with van der Waals surface area (Å²) in [6.07, 6.45) is 3.07. The van der Waals surface area contributed by atoms with E-state index in [1.54, 1.807) is 4.90 Å². The Bertz CT molecular complexity index is 2010. The van der Waals surface area contributed by atoms with Gasteiger partial charge in [0, 0.05) is 31.4 Å². The number of nitrogens with zero attached hydrogens (tertiary/aromatic N) is 7. The summed E-state index contributed by atoms with van der Waals surface area (Å²) in [7, 11) is 1.29. The molecule has 14 heteroatoms. The number of imidazole rings is 1. The second-order valence-electron chi connectivity index (χ2n) is 9.52. The van der Waals surface area contributed by atoms with Crippen molar-refractivity contribution in [2.75, 3.05) is 25.1 Å². The van der Waals surface area contributed by atoms with Crippen LogP contribution in [0.15, 0.2) is 52.3 Å². The molecule has 0 aliphatic carbocycles. The maximum absolute atomic E-state index is 14.1. The highest BCUT2D eigenvalue weighted by Gasteiger charge is 2.27. The molecule has 0 bridgehead atoms. The number of methoxy groups -OCH3 is 1. The SMILES string of the molecule is COc1nc(N2CC[C@@H](C#N)C2)cc2c1c(=O)n(-c1cnc3cc(F)ccn13)c(=O)n2Cc1cc(F)c(F)c(F)c1. The van der Waals surface area contributed by atoms with Crippen LogP contribution in [0.1, 0.15) is 12.0 Å². The van der Waals surface area contributed by atoms with Gasteiger partial charge in [-0.25, -0.2) is 31.9 Å². The molecule has 1 atom stereocenters. The molecule has 1 aliphatic heterocycles. The lowest BCUT2D eigenvalue weighted by molar-refractivity contribution is 0.402. The number of rotatable bonds is 5. The first kappa shape index (κ1) is 26.1. The minimum Gasteiger partial charge on any atom is -0.480 e. The number of halogens is 4. The van der Waals surface area contributed by atoms with E-state index in [1.165, 1.54) is 30.0 Å². The Morgan fingerprint density at radius 1 is 1.12 bits per heavy atom. The molecule has 10 nitrogen and oxygen atoms in total. The van der Waals surface area contributed by atoms with Gasteiger partial charge >= 0.3 is 5.69 Å². The molecule has 1 aromatic carbocycles. The molecule has 0 N–H and O–H groups in total. The average Bonchev–Trinajstić information content (AvgIpc) is 3.60. The summed E-state index contributed by atoms with van der Waals surface area (Å²) in [5.41, 5.74) is -1.71. The van der Waals surface area contributed by atoms with Crippen LogP contribution in [0, 0.1) is 40.5 Å². The average molecular weight is 565 g/mol. The molecule has 1 aliphatic rings. The van der Waals surface area contributed by atoms with Crippen molar-refractivity contribution >= 4 is 22.4 Å². The van der Waals surface area contributed by atoms with Crippen LogP contribution in [-0.4, -0.2) is 43.7 Å². The number of pyridine rings is 2. The van der Waals surface area contributed by atoms with Crippen molar-refractivity contribution in [3.63, 3.8) is 0 Å². The van der Waals surface area contributed by atoms with Gasteiger partial charge < -0.3 is 9.64 Å². The predicted molar refractivity (Wildman–Crippen MR) is 138 cm³/mol. The normalized spacial score (nSPS) is 15.1. The first-order valence-electron chi connectivity index (χ1n) is 12.4. The van der Waals surface area contributed by atoms with Crippen molar-refractivity contribution in [3.05, 3.63) is 92.4 Å². The number of nitriles is 1. The fourth-order valence-corrected chi connectivity index (χ4v) is 5.06. The zero-order valence-electron chi connectivity index (χ0n) is 21.3. The van der Waals surface area contributed by atoms with Crippen LogP contribution in [-0.2, 0) is 6.54 Å². The zero-order chi connectivity index (χ0) is 29.0. The van der Waals surface area contributed by atoms with Crippen molar-refractivity contribution in [1.29, 1.82) is 5.26 Å². The first-order chi connectivity index (χ1) is 19.7. The first-order valence-corrected chi connectivity index (χ1v) is 12.4. The van der Waals surface area contributed by atoms with Crippen LogP contribution in [0.25, 0.3) is 22.4 Å². The molecule has 4 aromatic heterocycles. The van der Waals surface area contributed by atoms with Crippen LogP contribution in [0.3, 0.4) is 0 Å². The minimum atomic E-state index is -1.66. The van der Waals surface area contributed by atoms with Crippen molar-refractivity contribution < 1.29 is 22.3 Å². The van der Waals surface area contributed by atoms with E-state index in [0.29, 0.717) is 25.3 Å². The zero-order valence-corrected chi connectivity index (χ0v) is 21.3. The summed E-state index contributed by atoms with van der Waals surface area (Å²) in [5, 5.41) is 9.20. The van der Waals surface area contributed by atoms with E-state index in [2.05, 4.69) is 16.0 Å². The summed E-state index contributed by atoms with van der Waals surface area (Å²) in [6.45, 7) is 0.364. The molecular weight excluding hydrogens is 546 g/mol. The number of fused-ring (bicyclic) bond motifs is 2. The van der Waals surface area contributed by atoms with Gasteiger partial charge in [0.1, 0.15) is 28.5 Å². The van der Waals surface area contributed by atoms with E-state index in [4.69, 9.17) is 4.74 Å². The Morgan fingerprint density at radius 3 is 2.56 bits per heavy atom. The Morgan fingerprint density at radius 2 is 1.88 bits per heavy atom. The fraction of sp³-hybridized carbons (Fsp3) is 0.222. The molecular formula is C27H19F4N7O3. The van der Waals surface area contributed by atoms with Gasteiger partial charge in [0.05, 0.1) is 37.4 Å². The molecule has 6 rings (SSSR count). The predicted octanol–water partition coefficient (Wildman–Crippen LogP) is 3.16. The number of hydrogen-bond donors (Lipinski definition) is 0. The Hall–Kier alpha value is -5.19. The highest BCUT2D eigenvalue weighted by Crippen LogP contribution is 2.29. The molecule has 0 amide bonds. The van der Waals surface area contributed by atoms with Crippen LogP contribution < -0.4 is 20.9 Å². The van der Waals surface area contributed by atoms with Crippen molar-refractivity contribution in [2.24, 2.45) is 5.92 Å². The van der Waals surface area contributed by atoms with Gasteiger partial charge in [-0.1, -0.05) is 0 Å². The highest BCUT2D eigenvalue weighted by atomic mass is 19.2. The third-order valence-electron chi connectivity index (χ3n) is 7.04. The van der Waals surface area contributed by atoms with Gasteiger partial charge in [-0.05, 0) is 30.2 Å². The second kappa shape index (κ2) is 9.77. The van der Waals surface area contributed by atoms with E-state index >= 15 is 0 Å². The molecule has 0 saturated carbocycles. The van der Waals surface area contributed by atoms with Gasteiger partial charge in [-0.3, -0.25) is 13.8 Å². The lowest BCUT2D eigenvalue weighted by Gasteiger charge is -2.20. The number of benzene rings is 1. The largest absolute Gasteiger partial charge is 0.480 e. The summed E-state index contributed by atoms with van der Waals surface area (Å²) < 4.78 is 64.4. The molecule has 208 valence electrons. The van der Waals surface area contributed by atoms with Gasteiger partial charge in [0.15, 0.2) is 17.5 Å². The topological polar surface area (TPSA) is 110 Å².